The number of nitrogens with one attached hydrogen (secondary N) is 1. The van der Waals surface area contributed by atoms with Crippen molar-refractivity contribution in [1.29, 1.82) is 0 Å². The van der Waals surface area contributed by atoms with Gasteiger partial charge in [-0.1, -0.05) is 65.6 Å². The maximum absolute atomic E-state index is 4.18. The molecule has 0 saturated heterocycles. The minimum absolute atomic E-state index is 0.642. The fourth-order valence-corrected chi connectivity index (χ4v) is 3.26. The van der Waals surface area contributed by atoms with Crippen LogP contribution in [-0.4, -0.2) is 22.0 Å². The molecule has 0 unspecified atom stereocenters. The highest BCUT2D eigenvalue weighted by Gasteiger charge is 2.22. The Morgan fingerprint density at radius 3 is 2.89 bits per heavy atom. The molecule has 0 aliphatic heterocycles. The van der Waals surface area contributed by atoms with Gasteiger partial charge in [0, 0.05) is 11.8 Å². The van der Waals surface area contributed by atoms with Gasteiger partial charge in [-0.05, 0) is 18.4 Å². The lowest BCUT2D eigenvalue weighted by Gasteiger charge is -1.94. The van der Waals surface area contributed by atoms with Crippen LogP contribution in [0.15, 0.2) is 40.7 Å². The van der Waals surface area contributed by atoms with Crippen LogP contribution >= 0.6 is 23.1 Å². The zero-order valence-corrected chi connectivity index (χ0v) is 12.1. The van der Waals surface area contributed by atoms with Gasteiger partial charge in [0.05, 0.1) is 0 Å². The normalized spacial score (nSPS) is 14.9. The lowest BCUT2D eigenvalue weighted by molar-refractivity contribution is 0.995. The number of thioether (sulfide) groups is 1. The maximum atomic E-state index is 4.18. The summed E-state index contributed by atoms with van der Waals surface area (Å²) in [4.78, 5) is 0. The molecule has 3 nitrogen and oxygen atoms in total. The molecule has 19 heavy (non-hydrogen) atoms. The Labute approximate surface area is 121 Å². The molecule has 0 atom stereocenters. The predicted molar refractivity (Wildman–Crippen MR) is 82.8 cm³/mol. The molecule has 0 bridgehead atoms. The van der Waals surface area contributed by atoms with Crippen molar-refractivity contribution in [3.8, 4) is 0 Å². The standard InChI is InChI=1S/C14H15N3S2/c1-2-5-11(6-3-1)7-4-10-18-14-17-16-13(19-14)15-12-8-9-12/h1-7,12H,8-10H2,(H,15,16)/b7-4+. The Bertz CT molecular complexity index is 547. The molecule has 5 heteroatoms. The molecule has 98 valence electrons. The summed E-state index contributed by atoms with van der Waals surface area (Å²) >= 11 is 3.37. The second kappa shape index (κ2) is 6.21. The molecule has 1 N–H and O–H groups in total. The molecule has 1 aliphatic carbocycles. The summed E-state index contributed by atoms with van der Waals surface area (Å²) < 4.78 is 1.03. The number of hydrogen-bond acceptors (Lipinski definition) is 5. The number of nitrogens with zero attached hydrogens (tertiary/aromatic N) is 2. The summed E-state index contributed by atoms with van der Waals surface area (Å²) in [6, 6.07) is 11.0. The highest BCUT2D eigenvalue weighted by Crippen LogP contribution is 2.30. The molecule has 1 aromatic carbocycles. The molecule has 1 aliphatic rings. The van der Waals surface area contributed by atoms with Crippen molar-refractivity contribution >= 4 is 34.3 Å². The van der Waals surface area contributed by atoms with Gasteiger partial charge in [-0.15, -0.1) is 10.2 Å². The first-order valence-corrected chi connectivity index (χ1v) is 8.15. The lowest BCUT2D eigenvalue weighted by atomic mass is 10.2. The van der Waals surface area contributed by atoms with Gasteiger partial charge in [0.15, 0.2) is 4.34 Å². The molecule has 2 aromatic rings. The van der Waals surface area contributed by atoms with Gasteiger partial charge in [0.1, 0.15) is 0 Å². The van der Waals surface area contributed by atoms with Crippen LogP contribution in [0.1, 0.15) is 18.4 Å². The molecular formula is C14H15N3S2. The van der Waals surface area contributed by atoms with Gasteiger partial charge in [-0.25, -0.2) is 0 Å². The average Bonchev–Trinajstić information content (AvgIpc) is 3.14. The van der Waals surface area contributed by atoms with E-state index in [0.717, 1.165) is 15.2 Å². The molecule has 1 fully saturated rings. The van der Waals surface area contributed by atoms with Crippen molar-refractivity contribution in [3.05, 3.63) is 42.0 Å². The van der Waals surface area contributed by atoms with Crippen LogP contribution in [0.2, 0.25) is 0 Å². The van der Waals surface area contributed by atoms with E-state index in [0.29, 0.717) is 6.04 Å². The largest absolute Gasteiger partial charge is 0.357 e. The predicted octanol–water partition coefficient (Wildman–Crippen LogP) is 3.92. The van der Waals surface area contributed by atoms with E-state index in [1.807, 2.05) is 18.2 Å². The second-order valence-electron chi connectivity index (χ2n) is 4.42. The summed E-state index contributed by atoms with van der Waals surface area (Å²) in [5.41, 5.74) is 1.23. The number of aromatic nitrogens is 2. The molecule has 0 amide bonds. The van der Waals surface area contributed by atoms with Crippen molar-refractivity contribution in [2.45, 2.75) is 23.2 Å². The monoisotopic (exact) mass is 289 g/mol. The minimum Gasteiger partial charge on any atom is -0.357 e. The number of benzene rings is 1. The van der Waals surface area contributed by atoms with Crippen LogP contribution in [0.25, 0.3) is 6.08 Å². The summed E-state index contributed by atoms with van der Waals surface area (Å²) in [6.07, 6.45) is 6.83. The quantitative estimate of drug-likeness (QED) is 0.818. The van der Waals surface area contributed by atoms with E-state index < -0.39 is 0 Å². The third kappa shape index (κ3) is 4.08. The number of rotatable bonds is 6. The summed E-state index contributed by atoms with van der Waals surface area (Å²) in [6.45, 7) is 0. The topological polar surface area (TPSA) is 37.8 Å². The first kappa shape index (κ1) is 12.7. The Balaban J connectivity index is 1.46. The summed E-state index contributed by atoms with van der Waals surface area (Å²) in [5.74, 6) is 0.924. The highest BCUT2D eigenvalue weighted by atomic mass is 32.2. The third-order valence-corrected chi connectivity index (χ3v) is 4.66. The van der Waals surface area contributed by atoms with Crippen LogP contribution in [0, 0.1) is 0 Å². The van der Waals surface area contributed by atoms with E-state index in [-0.39, 0.29) is 0 Å². The van der Waals surface area contributed by atoms with Crippen LogP contribution in [0.3, 0.4) is 0 Å². The number of hydrogen-bond donors (Lipinski definition) is 1. The smallest absolute Gasteiger partial charge is 0.206 e. The van der Waals surface area contributed by atoms with E-state index in [1.165, 1.54) is 18.4 Å². The lowest BCUT2D eigenvalue weighted by Crippen LogP contribution is -1.99. The zero-order chi connectivity index (χ0) is 12.9. The molecule has 1 aromatic heterocycles. The van der Waals surface area contributed by atoms with Crippen LogP contribution < -0.4 is 5.32 Å². The Kier molecular flexibility index (Phi) is 4.15. The fraction of sp³-hybridized carbons (Fsp3) is 0.286. The van der Waals surface area contributed by atoms with E-state index in [1.54, 1.807) is 23.1 Å². The van der Waals surface area contributed by atoms with Crippen LogP contribution in [-0.2, 0) is 0 Å². The van der Waals surface area contributed by atoms with Gasteiger partial charge >= 0.3 is 0 Å². The van der Waals surface area contributed by atoms with Crippen molar-refractivity contribution in [2.75, 3.05) is 11.1 Å². The van der Waals surface area contributed by atoms with Crippen LogP contribution in [0.5, 0.6) is 0 Å². The number of anilines is 1. The average molecular weight is 289 g/mol. The highest BCUT2D eigenvalue weighted by molar-refractivity contribution is 8.01. The Morgan fingerprint density at radius 2 is 2.11 bits per heavy atom. The van der Waals surface area contributed by atoms with Gasteiger partial charge in [-0.3, -0.25) is 0 Å². The summed E-state index contributed by atoms with van der Waals surface area (Å²) in [5, 5.41) is 12.6. The van der Waals surface area contributed by atoms with Gasteiger partial charge in [-0.2, -0.15) is 0 Å². The summed E-state index contributed by atoms with van der Waals surface area (Å²) in [7, 11) is 0. The van der Waals surface area contributed by atoms with Gasteiger partial charge in [0.25, 0.3) is 0 Å². The van der Waals surface area contributed by atoms with Crippen molar-refractivity contribution < 1.29 is 0 Å². The molecule has 0 spiro atoms. The second-order valence-corrected chi connectivity index (χ2v) is 6.66. The van der Waals surface area contributed by atoms with Crippen molar-refractivity contribution in [3.63, 3.8) is 0 Å². The fourth-order valence-electron chi connectivity index (χ4n) is 1.60. The molecule has 3 rings (SSSR count). The SMILES string of the molecule is C(=C\c1ccccc1)/CSc1nnc(NC2CC2)s1. The first-order valence-electron chi connectivity index (χ1n) is 6.34. The van der Waals surface area contributed by atoms with E-state index >= 15 is 0 Å². The maximum Gasteiger partial charge on any atom is 0.206 e. The van der Waals surface area contributed by atoms with Crippen LogP contribution in [0.4, 0.5) is 5.13 Å². The van der Waals surface area contributed by atoms with E-state index in [2.05, 4.69) is 39.8 Å². The first-order chi connectivity index (χ1) is 9.40. The van der Waals surface area contributed by atoms with E-state index in [4.69, 9.17) is 0 Å². The van der Waals surface area contributed by atoms with E-state index in [9.17, 15) is 0 Å². The van der Waals surface area contributed by atoms with Gasteiger partial charge < -0.3 is 5.32 Å². The molecule has 1 saturated carbocycles. The Hall–Kier alpha value is -1.33. The Morgan fingerprint density at radius 1 is 1.26 bits per heavy atom. The zero-order valence-electron chi connectivity index (χ0n) is 10.5. The van der Waals surface area contributed by atoms with Crippen molar-refractivity contribution in [1.82, 2.24) is 10.2 Å². The molecule has 0 radical (unpaired) electrons. The molecular weight excluding hydrogens is 274 g/mol. The minimum atomic E-state index is 0.642. The van der Waals surface area contributed by atoms with Crippen molar-refractivity contribution in [2.24, 2.45) is 0 Å². The molecule has 1 heterocycles. The van der Waals surface area contributed by atoms with Gasteiger partial charge in [0.2, 0.25) is 5.13 Å². The third-order valence-electron chi connectivity index (χ3n) is 2.72.